The maximum absolute atomic E-state index is 4.33. The SMILES string of the molecule is CCCCCCCN=CNc1ccccc1. The molecule has 2 heteroatoms. The fourth-order valence-corrected chi connectivity index (χ4v) is 1.53. The van der Waals surface area contributed by atoms with Gasteiger partial charge in [0, 0.05) is 12.2 Å². The summed E-state index contributed by atoms with van der Waals surface area (Å²) in [6, 6.07) is 10.1. The van der Waals surface area contributed by atoms with Gasteiger partial charge in [-0.3, -0.25) is 4.99 Å². The van der Waals surface area contributed by atoms with Gasteiger partial charge in [-0.15, -0.1) is 0 Å². The molecule has 1 rings (SSSR count). The average molecular weight is 218 g/mol. The minimum absolute atomic E-state index is 0.934. The van der Waals surface area contributed by atoms with Gasteiger partial charge in [0.25, 0.3) is 0 Å². The molecule has 1 aromatic carbocycles. The number of anilines is 1. The van der Waals surface area contributed by atoms with E-state index in [1.54, 1.807) is 6.34 Å². The highest BCUT2D eigenvalue weighted by molar-refractivity contribution is 5.75. The second-order valence-electron chi connectivity index (χ2n) is 3.96. The lowest BCUT2D eigenvalue weighted by Gasteiger charge is -1.99. The van der Waals surface area contributed by atoms with Gasteiger partial charge >= 0.3 is 0 Å². The van der Waals surface area contributed by atoms with Gasteiger partial charge in [0.1, 0.15) is 0 Å². The van der Waals surface area contributed by atoms with Crippen molar-refractivity contribution < 1.29 is 0 Å². The quantitative estimate of drug-likeness (QED) is 0.396. The zero-order valence-corrected chi connectivity index (χ0v) is 10.2. The predicted molar refractivity (Wildman–Crippen MR) is 72.2 cm³/mol. The second-order valence-corrected chi connectivity index (χ2v) is 3.96. The van der Waals surface area contributed by atoms with Gasteiger partial charge < -0.3 is 5.32 Å². The van der Waals surface area contributed by atoms with Crippen molar-refractivity contribution in [3.05, 3.63) is 30.3 Å². The molecule has 0 spiro atoms. The lowest BCUT2D eigenvalue weighted by Crippen LogP contribution is -1.95. The molecular formula is C14H22N2. The van der Waals surface area contributed by atoms with Crippen LogP contribution in [0, 0.1) is 0 Å². The molecule has 0 aliphatic heterocycles. The Bertz CT molecular complexity index is 280. The minimum atomic E-state index is 0.934. The van der Waals surface area contributed by atoms with Crippen LogP contribution in [0.25, 0.3) is 0 Å². The van der Waals surface area contributed by atoms with E-state index in [-0.39, 0.29) is 0 Å². The van der Waals surface area contributed by atoms with E-state index in [4.69, 9.17) is 0 Å². The third-order valence-corrected chi connectivity index (χ3v) is 2.49. The summed E-state index contributed by atoms with van der Waals surface area (Å²) in [5, 5.41) is 3.16. The van der Waals surface area contributed by atoms with Crippen LogP contribution in [0.15, 0.2) is 35.3 Å². The molecule has 0 saturated heterocycles. The number of benzene rings is 1. The Morgan fingerprint density at radius 3 is 2.56 bits per heavy atom. The molecule has 0 heterocycles. The maximum atomic E-state index is 4.33. The molecule has 88 valence electrons. The standard InChI is InChI=1S/C14H22N2/c1-2-3-4-5-9-12-15-13-16-14-10-7-6-8-11-14/h6-8,10-11,13H,2-5,9,12H2,1H3,(H,15,16). The summed E-state index contributed by atoms with van der Waals surface area (Å²) in [6.45, 7) is 3.17. The van der Waals surface area contributed by atoms with Crippen molar-refractivity contribution in [1.82, 2.24) is 0 Å². The number of aliphatic imine (C=N–C) groups is 1. The molecule has 1 aromatic rings. The van der Waals surface area contributed by atoms with Crippen molar-refractivity contribution in [3.63, 3.8) is 0 Å². The molecule has 0 aromatic heterocycles. The summed E-state index contributed by atoms with van der Waals surface area (Å²) in [7, 11) is 0. The van der Waals surface area contributed by atoms with E-state index in [0.717, 1.165) is 12.2 Å². The van der Waals surface area contributed by atoms with E-state index in [0.29, 0.717) is 0 Å². The van der Waals surface area contributed by atoms with E-state index >= 15 is 0 Å². The van der Waals surface area contributed by atoms with Crippen molar-refractivity contribution in [2.75, 3.05) is 11.9 Å². The first-order valence-corrected chi connectivity index (χ1v) is 6.23. The van der Waals surface area contributed by atoms with E-state index in [2.05, 4.69) is 17.2 Å². The molecule has 0 aliphatic rings. The molecular weight excluding hydrogens is 196 g/mol. The Hall–Kier alpha value is -1.31. The summed E-state index contributed by atoms with van der Waals surface area (Å²) in [6.07, 6.45) is 8.31. The number of rotatable bonds is 8. The molecule has 0 fully saturated rings. The molecule has 2 nitrogen and oxygen atoms in total. The molecule has 1 N–H and O–H groups in total. The predicted octanol–water partition coefficient (Wildman–Crippen LogP) is 4.10. The summed E-state index contributed by atoms with van der Waals surface area (Å²) in [5.74, 6) is 0. The van der Waals surface area contributed by atoms with Gasteiger partial charge in [-0.1, -0.05) is 50.8 Å². The first-order chi connectivity index (χ1) is 7.93. The van der Waals surface area contributed by atoms with Crippen LogP contribution in [0.1, 0.15) is 39.0 Å². The van der Waals surface area contributed by atoms with E-state index < -0.39 is 0 Å². The molecule has 16 heavy (non-hydrogen) atoms. The van der Waals surface area contributed by atoms with Crippen LogP contribution in [0.2, 0.25) is 0 Å². The molecule has 0 bridgehead atoms. The highest BCUT2D eigenvalue weighted by Crippen LogP contribution is 2.03. The van der Waals surface area contributed by atoms with Crippen LogP contribution < -0.4 is 5.32 Å². The fourth-order valence-electron chi connectivity index (χ4n) is 1.53. The highest BCUT2D eigenvalue weighted by Gasteiger charge is 1.87. The fraction of sp³-hybridized carbons (Fsp3) is 0.500. The lowest BCUT2D eigenvalue weighted by molar-refractivity contribution is 0.639. The summed E-state index contributed by atoms with van der Waals surface area (Å²) in [5.41, 5.74) is 1.09. The smallest absolute Gasteiger partial charge is 0.0867 e. The summed E-state index contributed by atoms with van der Waals surface area (Å²) >= 11 is 0. The van der Waals surface area contributed by atoms with Crippen molar-refractivity contribution >= 4 is 12.0 Å². The van der Waals surface area contributed by atoms with E-state index in [1.807, 2.05) is 30.3 Å². The van der Waals surface area contributed by atoms with Gasteiger partial charge in [-0.05, 0) is 18.6 Å². The Kier molecular flexibility index (Phi) is 7.14. The topological polar surface area (TPSA) is 24.4 Å². The van der Waals surface area contributed by atoms with Crippen LogP contribution in [-0.2, 0) is 0 Å². The van der Waals surface area contributed by atoms with Crippen molar-refractivity contribution in [1.29, 1.82) is 0 Å². The van der Waals surface area contributed by atoms with Crippen molar-refractivity contribution in [2.24, 2.45) is 4.99 Å². The lowest BCUT2D eigenvalue weighted by atomic mass is 10.2. The molecule has 0 amide bonds. The number of hydrogen-bond donors (Lipinski definition) is 1. The van der Waals surface area contributed by atoms with Gasteiger partial charge in [0.15, 0.2) is 0 Å². The number of nitrogens with one attached hydrogen (secondary N) is 1. The largest absolute Gasteiger partial charge is 0.347 e. The van der Waals surface area contributed by atoms with Crippen LogP contribution in [0.4, 0.5) is 5.69 Å². The monoisotopic (exact) mass is 218 g/mol. The zero-order chi connectivity index (χ0) is 11.5. The van der Waals surface area contributed by atoms with Crippen LogP contribution in [0.3, 0.4) is 0 Å². The molecule has 0 saturated carbocycles. The van der Waals surface area contributed by atoms with Crippen LogP contribution in [-0.4, -0.2) is 12.9 Å². The van der Waals surface area contributed by atoms with Gasteiger partial charge in [-0.2, -0.15) is 0 Å². The van der Waals surface area contributed by atoms with Gasteiger partial charge in [-0.25, -0.2) is 0 Å². The highest BCUT2D eigenvalue weighted by atomic mass is 14.9. The number of hydrogen-bond acceptors (Lipinski definition) is 1. The molecule has 0 radical (unpaired) electrons. The first-order valence-electron chi connectivity index (χ1n) is 6.23. The summed E-state index contributed by atoms with van der Waals surface area (Å²) in [4.78, 5) is 4.33. The van der Waals surface area contributed by atoms with Crippen LogP contribution >= 0.6 is 0 Å². The average Bonchev–Trinajstić information content (AvgIpc) is 2.34. The Balaban J connectivity index is 2.01. The van der Waals surface area contributed by atoms with Crippen molar-refractivity contribution in [3.8, 4) is 0 Å². The third kappa shape index (κ3) is 6.23. The third-order valence-electron chi connectivity index (χ3n) is 2.49. The normalized spacial score (nSPS) is 10.8. The number of para-hydroxylation sites is 1. The van der Waals surface area contributed by atoms with Crippen molar-refractivity contribution in [2.45, 2.75) is 39.0 Å². The minimum Gasteiger partial charge on any atom is -0.347 e. The number of nitrogens with zero attached hydrogens (tertiary/aromatic N) is 1. The number of unbranched alkanes of at least 4 members (excludes halogenated alkanes) is 4. The van der Waals surface area contributed by atoms with E-state index in [9.17, 15) is 0 Å². The molecule has 0 unspecified atom stereocenters. The first kappa shape index (κ1) is 12.8. The van der Waals surface area contributed by atoms with Gasteiger partial charge in [0.05, 0.1) is 6.34 Å². The molecule has 0 aliphatic carbocycles. The Labute approximate surface area is 98.8 Å². The zero-order valence-electron chi connectivity index (χ0n) is 10.2. The van der Waals surface area contributed by atoms with Crippen LogP contribution in [0.5, 0.6) is 0 Å². The Morgan fingerprint density at radius 2 is 1.81 bits per heavy atom. The molecule has 0 atom stereocenters. The van der Waals surface area contributed by atoms with Gasteiger partial charge in [0.2, 0.25) is 0 Å². The second kappa shape index (κ2) is 8.96. The summed E-state index contributed by atoms with van der Waals surface area (Å²) < 4.78 is 0. The Morgan fingerprint density at radius 1 is 1.06 bits per heavy atom. The van der Waals surface area contributed by atoms with E-state index in [1.165, 1.54) is 32.1 Å². The maximum Gasteiger partial charge on any atom is 0.0867 e.